The predicted octanol–water partition coefficient (Wildman–Crippen LogP) is 4.28. The molecule has 1 aromatic carbocycles. The lowest BCUT2D eigenvalue weighted by Gasteiger charge is -2.37. The second kappa shape index (κ2) is 15.5. The maximum absolute atomic E-state index is 14.2. The molecule has 5 bridgehead atoms. The number of nitrogens with one attached hydrogen (secondary N) is 3. The highest BCUT2D eigenvalue weighted by Crippen LogP contribution is 2.41. The van der Waals surface area contributed by atoms with Crippen molar-refractivity contribution in [3.63, 3.8) is 0 Å². The molecule has 12 heteroatoms. The minimum Gasteiger partial charge on any atom is -0.462 e. The van der Waals surface area contributed by atoms with Crippen LogP contribution in [0.2, 0.25) is 0 Å². The van der Waals surface area contributed by atoms with Crippen molar-refractivity contribution < 1.29 is 33.4 Å². The minimum atomic E-state index is -1.15. The molecule has 3 aliphatic rings. The number of aromatic nitrogens is 1. The molecule has 2 fully saturated rings. The van der Waals surface area contributed by atoms with Gasteiger partial charge in [-0.15, -0.1) is 0 Å². The van der Waals surface area contributed by atoms with Crippen molar-refractivity contribution in [3.8, 4) is 0 Å². The summed E-state index contributed by atoms with van der Waals surface area (Å²) >= 11 is 0. The van der Waals surface area contributed by atoms with Crippen LogP contribution >= 0.6 is 0 Å². The monoisotopic (exact) mass is 675 g/mol. The van der Waals surface area contributed by atoms with Crippen molar-refractivity contribution in [2.75, 3.05) is 6.54 Å². The van der Waals surface area contributed by atoms with Gasteiger partial charge in [-0.25, -0.2) is 5.43 Å². The summed E-state index contributed by atoms with van der Waals surface area (Å²) in [6.07, 6.45) is 6.09. The van der Waals surface area contributed by atoms with Crippen LogP contribution < -0.4 is 16.1 Å². The maximum atomic E-state index is 14.2. The van der Waals surface area contributed by atoms with Crippen molar-refractivity contribution in [2.45, 2.75) is 116 Å². The topological polar surface area (TPSA) is 156 Å². The zero-order valence-electron chi connectivity index (χ0n) is 29.1. The van der Waals surface area contributed by atoms with Crippen LogP contribution in [0.25, 0.3) is 17.0 Å². The van der Waals surface area contributed by atoms with Gasteiger partial charge in [0.2, 0.25) is 5.91 Å². The van der Waals surface area contributed by atoms with Gasteiger partial charge in [0.1, 0.15) is 18.2 Å². The second-order valence-corrected chi connectivity index (χ2v) is 14.0. The molecule has 1 aliphatic carbocycles. The number of ether oxygens (including phenoxy) is 2. The van der Waals surface area contributed by atoms with E-state index in [9.17, 15) is 24.0 Å². The van der Waals surface area contributed by atoms with Crippen LogP contribution in [0.15, 0.2) is 36.4 Å². The van der Waals surface area contributed by atoms with Gasteiger partial charge in [-0.1, -0.05) is 51.1 Å². The fourth-order valence-corrected chi connectivity index (χ4v) is 6.70. The molecular formula is C37H49N5O7. The van der Waals surface area contributed by atoms with Crippen LogP contribution in [0.3, 0.4) is 0 Å². The second-order valence-electron chi connectivity index (χ2n) is 14.0. The average Bonchev–Trinajstić information content (AvgIpc) is 3.09. The smallest absolute Gasteiger partial charge is 0.316 e. The van der Waals surface area contributed by atoms with E-state index in [4.69, 9.17) is 14.5 Å². The summed E-state index contributed by atoms with van der Waals surface area (Å²) in [5, 5.41) is 8.07. The van der Waals surface area contributed by atoms with E-state index in [0.717, 1.165) is 16.5 Å². The number of rotatable bonds is 4. The molecule has 12 nitrogen and oxygen atoms in total. The summed E-state index contributed by atoms with van der Waals surface area (Å²) in [6.45, 7) is 9.30. The quantitative estimate of drug-likeness (QED) is 0.403. The minimum absolute atomic E-state index is 0.249. The van der Waals surface area contributed by atoms with E-state index in [1.54, 1.807) is 20.8 Å². The molecular weight excluding hydrogens is 626 g/mol. The highest BCUT2D eigenvalue weighted by atomic mass is 16.6. The van der Waals surface area contributed by atoms with Gasteiger partial charge in [0.15, 0.2) is 6.10 Å². The summed E-state index contributed by atoms with van der Waals surface area (Å²) in [6, 6.07) is 7.69. The number of pyridine rings is 1. The van der Waals surface area contributed by atoms with E-state index in [1.165, 1.54) is 5.01 Å². The molecule has 3 amide bonds. The Morgan fingerprint density at radius 1 is 1.02 bits per heavy atom. The Kier molecular flexibility index (Phi) is 11.4. The summed E-state index contributed by atoms with van der Waals surface area (Å²) < 4.78 is 11.7. The van der Waals surface area contributed by atoms with Crippen molar-refractivity contribution in [1.29, 1.82) is 0 Å². The van der Waals surface area contributed by atoms with E-state index < -0.39 is 47.4 Å². The van der Waals surface area contributed by atoms with Crippen LogP contribution in [0, 0.1) is 11.3 Å². The highest BCUT2D eigenvalue weighted by molar-refractivity contribution is 5.92. The first-order chi connectivity index (χ1) is 23.4. The van der Waals surface area contributed by atoms with E-state index in [2.05, 4.69) is 16.1 Å². The molecule has 1 saturated carbocycles. The number of cyclic esters (lactones) is 1. The van der Waals surface area contributed by atoms with Crippen LogP contribution in [-0.4, -0.2) is 70.5 Å². The zero-order chi connectivity index (χ0) is 35.3. The fourth-order valence-electron chi connectivity index (χ4n) is 6.70. The van der Waals surface area contributed by atoms with Crippen LogP contribution in [0.5, 0.6) is 0 Å². The third kappa shape index (κ3) is 8.46. The summed E-state index contributed by atoms with van der Waals surface area (Å²) in [5.74, 6) is -2.41. The van der Waals surface area contributed by atoms with Gasteiger partial charge in [0.25, 0.3) is 11.8 Å². The molecule has 264 valence electrons. The van der Waals surface area contributed by atoms with Crippen LogP contribution in [0.4, 0.5) is 0 Å². The van der Waals surface area contributed by atoms with Gasteiger partial charge in [-0.05, 0) is 82.4 Å². The largest absolute Gasteiger partial charge is 0.462 e. The number of fused-ring (bicyclic) bond motifs is 4. The van der Waals surface area contributed by atoms with Crippen molar-refractivity contribution >= 4 is 46.6 Å². The average molecular weight is 676 g/mol. The molecule has 0 unspecified atom stereocenters. The third-order valence-electron chi connectivity index (χ3n) is 9.71. The first-order valence-corrected chi connectivity index (χ1v) is 17.6. The van der Waals surface area contributed by atoms with Gasteiger partial charge in [0.05, 0.1) is 22.7 Å². The molecule has 4 atom stereocenters. The Morgan fingerprint density at radius 3 is 2.45 bits per heavy atom. The summed E-state index contributed by atoms with van der Waals surface area (Å²) in [7, 11) is 0. The van der Waals surface area contributed by atoms with Crippen molar-refractivity contribution in [2.24, 2.45) is 11.3 Å². The SMILES string of the molecule is CCCC(=O)OC1CCC2(C=Cc3ccc4ccc(nc4c3)[C@@H](C)NC(=O)[C@@H]3CCCN(N3)C(=O)[C@H](C)NC(=O)[C@H](C(C)C)OC2=O)CC1. The highest BCUT2D eigenvalue weighted by Gasteiger charge is 2.44. The van der Waals surface area contributed by atoms with Gasteiger partial charge in [0, 0.05) is 18.4 Å². The number of hydrogen-bond acceptors (Lipinski definition) is 9. The van der Waals surface area contributed by atoms with Crippen molar-refractivity contribution in [3.05, 3.63) is 47.7 Å². The van der Waals surface area contributed by atoms with E-state index in [1.807, 2.05) is 56.3 Å². The molecule has 3 heterocycles. The number of hydrogen-bond donors (Lipinski definition) is 3. The number of hydrazine groups is 1. The van der Waals surface area contributed by atoms with Gasteiger partial charge >= 0.3 is 11.9 Å². The van der Waals surface area contributed by atoms with Gasteiger partial charge in [-0.2, -0.15) is 0 Å². The van der Waals surface area contributed by atoms with E-state index >= 15 is 0 Å². The Bertz CT molecular complexity index is 1600. The predicted molar refractivity (Wildman–Crippen MR) is 183 cm³/mol. The van der Waals surface area contributed by atoms with Gasteiger partial charge in [-0.3, -0.25) is 34.0 Å². The third-order valence-corrected chi connectivity index (χ3v) is 9.71. The molecule has 0 radical (unpaired) electrons. The fraction of sp³-hybridized carbons (Fsp3) is 0.568. The lowest BCUT2D eigenvalue weighted by Crippen LogP contribution is -2.61. The maximum Gasteiger partial charge on any atom is 0.316 e. The standard InChI is InChI=1S/C37H49N5O7/c1-6-8-31(43)48-27-15-18-37(19-16-27)17-14-25-10-11-26-12-13-28(40-30(26)21-25)23(4)38-33(44)29-9-7-20-42(41-29)35(46)24(5)39-34(45)32(22(2)3)49-36(37)47/h10-14,17,21-24,27,29,32,41H,6-9,15-16,18-20H2,1-5H3,(H,38,44)(H,39,45)/t23-,24+,27?,29+,32+,37?/m1/s1. The Morgan fingerprint density at radius 2 is 1.73 bits per heavy atom. The first kappa shape index (κ1) is 36.0. The first-order valence-electron chi connectivity index (χ1n) is 17.6. The molecule has 3 N–H and O–H groups in total. The lowest BCUT2D eigenvalue weighted by molar-refractivity contribution is -0.170. The normalized spacial score (nSPS) is 28.7. The molecule has 49 heavy (non-hydrogen) atoms. The molecule has 5 rings (SSSR count). The molecule has 2 aliphatic heterocycles. The van der Waals surface area contributed by atoms with Gasteiger partial charge < -0.3 is 20.1 Å². The Balaban J connectivity index is 1.50. The van der Waals surface area contributed by atoms with E-state index in [0.29, 0.717) is 63.6 Å². The Labute approximate surface area is 287 Å². The lowest BCUT2D eigenvalue weighted by atomic mass is 9.72. The number of benzene rings is 1. The number of amides is 3. The molecule has 1 aromatic heterocycles. The number of esters is 2. The summed E-state index contributed by atoms with van der Waals surface area (Å²) in [5.41, 5.74) is 4.20. The zero-order valence-corrected chi connectivity index (χ0v) is 29.1. The Hall–Kier alpha value is -4.32. The van der Waals surface area contributed by atoms with E-state index in [-0.39, 0.29) is 23.9 Å². The number of nitrogens with zero attached hydrogens (tertiary/aromatic N) is 2. The number of carbonyl (C=O) groups is 5. The van der Waals surface area contributed by atoms with Crippen LogP contribution in [0.1, 0.15) is 103 Å². The summed E-state index contributed by atoms with van der Waals surface area (Å²) in [4.78, 5) is 71.6. The number of carbonyl (C=O) groups excluding carboxylic acids is 5. The molecule has 2 aromatic rings. The van der Waals surface area contributed by atoms with Crippen LogP contribution in [-0.2, 0) is 33.4 Å². The molecule has 1 spiro atoms. The van der Waals surface area contributed by atoms with Crippen molar-refractivity contribution in [1.82, 2.24) is 26.1 Å². The molecule has 1 saturated heterocycles.